The van der Waals surface area contributed by atoms with E-state index >= 15 is 0 Å². The Hall–Kier alpha value is -2.24. The highest BCUT2D eigenvalue weighted by Crippen LogP contribution is 2.22. The van der Waals surface area contributed by atoms with Crippen molar-refractivity contribution in [3.63, 3.8) is 0 Å². The second-order valence-corrected chi connectivity index (χ2v) is 3.99. The molecule has 0 radical (unpaired) electrons. The van der Waals surface area contributed by atoms with Gasteiger partial charge in [0.2, 0.25) is 0 Å². The van der Waals surface area contributed by atoms with Gasteiger partial charge in [-0.05, 0) is 31.0 Å². The molecule has 6 nitrogen and oxygen atoms in total. The third-order valence-electron chi connectivity index (χ3n) is 2.55. The van der Waals surface area contributed by atoms with Crippen LogP contribution in [0.5, 0.6) is 11.5 Å². The van der Waals surface area contributed by atoms with E-state index < -0.39 is 11.9 Å². The minimum atomic E-state index is -0.850. The van der Waals surface area contributed by atoms with Crippen LogP contribution >= 0.6 is 0 Å². The summed E-state index contributed by atoms with van der Waals surface area (Å²) in [4.78, 5) is 22.1. The Labute approximate surface area is 111 Å². The number of ether oxygens (including phenoxy) is 1. The van der Waals surface area contributed by atoms with Crippen LogP contribution < -0.4 is 10.1 Å². The zero-order valence-electron chi connectivity index (χ0n) is 10.7. The first kappa shape index (κ1) is 14.8. The van der Waals surface area contributed by atoms with Gasteiger partial charge in [-0.25, -0.2) is 0 Å². The van der Waals surface area contributed by atoms with E-state index in [2.05, 4.69) is 5.32 Å². The molecule has 19 heavy (non-hydrogen) atoms. The molecule has 0 aliphatic rings. The first-order chi connectivity index (χ1) is 9.04. The van der Waals surface area contributed by atoms with Crippen molar-refractivity contribution in [3.05, 3.63) is 23.8 Å². The van der Waals surface area contributed by atoms with E-state index in [1.165, 1.54) is 19.2 Å². The largest absolute Gasteiger partial charge is 0.507 e. The van der Waals surface area contributed by atoms with Gasteiger partial charge in [-0.1, -0.05) is 0 Å². The number of carboxylic acids is 1. The van der Waals surface area contributed by atoms with Gasteiger partial charge in [0.25, 0.3) is 5.91 Å². The van der Waals surface area contributed by atoms with E-state index in [9.17, 15) is 14.7 Å². The van der Waals surface area contributed by atoms with Gasteiger partial charge < -0.3 is 20.3 Å². The number of hydrogen-bond donors (Lipinski definition) is 3. The monoisotopic (exact) mass is 267 g/mol. The summed E-state index contributed by atoms with van der Waals surface area (Å²) >= 11 is 0. The maximum absolute atomic E-state index is 11.8. The van der Waals surface area contributed by atoms with Crippen LogP contribution in [0.1, 0.15) is 29.6 Å². The minimum absolute atomic E-state index is 0.0836. The molecule has 0 unspecified atom stereocenters. The van der Waals surface area contributed by atoms with Crippen LogP contribution in [0.15, 0.2) is 18.2 Å². The molecular weight excluding hydrogens is 250 g/mol. The van der Waals surface area contributed by atoms with E-state index in [0.29, 0.717) is 25.1 Å². The van der Waals surface area contributed by atoms with Gasteiger partial charge in [0.15, 0.2) is 0 Å². The Kier molecular flexibility index (Phi) is 5.66. The number of amides is 1. The fourth-order valence-electron chi connectivity index (χ4n) is 1.52. The molecule has 0 saturated carbocycles. The lowest BCUT2D eigenvalue weighted by atomic mass is 10.1. The zero-order valence-corrected chi connectivity index (χ0v) is 10.7. The van der Waals surface area contributed by atoms with E-state index in [0.717, 1.165) is 0 Å². The number of aliphatic carboxylic acids is 1. The summed E-state index contributed by atoms with van der Waals surface area (Å²) in [6.45, 7) is 0.364. The summed E-state index contributed by atoms with van der Waals surface area (Å²) in [6.07, 6.45) is 1.16. The Bertz CT molecular complexity index is 458. The fraction of sp³-hybridized carbons (Fsp3) is 0.385. The first-order valence-electron chi connectivity index (χ1n) is 5.91. The molecule has 0 fully saturated rings. The molecule has 0 aliphatic carbocycles. The Morgan fingerprint density at radius 3 is 2.68 bits per heavy atom. The standard InChI is InChI=1S/C13H17NO5/c1-19-9-5-6-11(15)10(8-9)13(18)14-7-3-2-4-12(16)17/h5-6,8,15H,2-4,7H2,1H3,(H,14,18)(H,16,17). The van der Waals surface area contributed by atoms with Crippen molar-refractivity contribution in [1.29, 1.82) is 0 Å². The third kappa shape index (κ3) is 4.87. The molecule has 0 atom stereocenters. The van der Waals surface area contributed by atoms with Crippen LogP contribution in [0.25, 0.3) is 0 Å². The normalized spacial score (nSPS) is 9.95. The first-order valence-corrected chi connectivity index (χ1v) is 5.91. The molecule has 0 aliphatic heterocycles. The molecular formula is C13H17NO5. The summed E-state index contributed by atoms with van der Waals surface area (Å²) < 4.78 is 4.97. The number of phenols is 1. The summed E-state index contributed by atoms with van der Waals surface area (Å²) in [6, 6.07) is 4.39. The Morgan fingerprint density at radius 2 is 2.05 bits per heavy atom. The van der Waals surface area contributed by atoms with Crippen molar-refractivity contribution in [1.82, 2.24) is 5.32 Å². The smallest absolute Gasteiger partial charge is 0.303 e. The molecule has 0 spiro atoms. The number of carbonyl (C=O) groups is 2. The van der Waals surface area contributed by atoms with Gasteiger partial charge in [0.1, 0.15) is 11.5 Å². The number of carboxylic acid groups (broad SMARTS) is 1. The van der Waals surface area contributed by atoms with Crippen molar-refractivity contribution < 1.29 is 24.5 Å². The Balaban J connectivity index is 2.47. The SMILES string of the molecule is COc1ccc(O)c(C(=O)NCCCCC(=O)O)c1. The number of carbonyl (C=O) groups excluding carboxylic acids is 1. The minimum Gasteiger partial charge on any atom is -0.507 e. The highest BCUT2D eigenvalue weighted by Gasteiger charge is 2.11. The maximum atomic E-state index is 11.8. The summed E-state index contributed by atoms with van der Waals surface area (Å²) in [5, 5.41) is 20.7. The topological polar surface area (TPSA) is 95.9 Å². The molecule has 1 rings (SSSR count). The predicted molar refractivity (Wildman–Crippen MR) is 68.5 cm³/mol. The number of nitrogens with one attached hydrogen (secondary N) is 1. The van der Waals surface area contributed by atoms with Crippen molar-refractivity contribution in [3.8, 4) is 11.5 Å². The number of benzene rings is 1. The molecule has 1 aromatic rings. The molecule has 0 saturated heterocycles. The van der Waals surface area contributed by atoms with Crippen molar-refractivity contribution in [2.45, 2.75) is 19.3 Å². The van der Waals surface area contributed by atoms with E-state index in [-0.39, 0.29) is 17.7 Å². The van der Waals surface area contributed by atoms with Gasteiger partial charge in [0.05, 0.1) is 12.7 Å². The van der Waals surface area contributed by atoms with Crippen molar-refractivity contribution in [2.24, 2.45) is 0 Å². The average Bonchev–Trinajstić information content (AvgIpc) is 2.38. The lowest BCUT2D eigenvalue weighted by Crippen LogP contribution is -2.24. The van der Waals surface area contributed by atoms with E-state index in [4.69, 9.17) is 9.84 Å². The van der Waals surface area contributed by atoms with Crippen LogP contribution in [0.2, 0.25) is 0 Å². The van der Waals surface area contributed by atoms with Gasteiger partial charge in [0, 0.05) is 13.0 Å². The maximum Gasteiger partial charge on any atom is 0.303 e. The molecule has 1 aromatic carbocycles. The lowest BCUT2D eigenvalue weighted by molar-refractivity contribution is -0.137. The third-order valence-corrected chi connectivity index (χ3v) is 2.55. The molecule has 104 valence electrons. The van der Waals surface area contributed by atoms with Gasteiger partial charge in [-0.15, -0.1) is 0 Å². The number of unbranched alkanes of at least 4 members (excludes halogenated alkanes) is 1. The summed E-state index contributed by atoms with van der Waals surface area (Å²) in [7, 11) is 1.47. The Morgan fingerprint density at radius 1 is 1.32 bits per heavy atom. The number of aromatic hydroxyl groups is 1. The van der Waals surface area contributed by atoms with Crippen molar-refractivity contribution in [2.75, 3.05) is 13.7 Å². The molecule has 3 N–H and O–H groups in total. The number of methoxy groups -OCH3 is 1. The van der Waals surface area contributed by atoms with Crippen LogP contribution in [-0.4, -0.2) is 35.7 Å². The second kappa shape index (κ2) is 7.25. The van der Waals surface area contributed by atoms with Gasteiger partial charge in [-0.3, -0.25) is 9.59 Å². The number of phenolic OH excluding ortho intramolecular Hbond substituents is 1. The summed E-state index contributed by atoms with van der Waals surface area (Å²) in [5.41, 5.74) is 0.137. The van der Waals surface area contributed by atoms with E-state index in [1.54, 1.807) is 6.07 Å². The number of hydrogen-bond acceptors (Lipinski definition) is 4. The highest BCUT2D eigenvalue weighted by atomic mass is 16.5. The van der Waals surface area contributed by atoms with Gasteiger partial charge in [-0.2, -0.15) is 0 Å². The average molecular weight is 267 g/mol. The predicted octanol–water partition coefficient (Wildman–Crippen LogP) is 1.39. The van der Waals surface area contributed by atoms with Crippen LogP contribution in [0, 0.1) is 0 Å². The van der Waals surface area contributed by atoms with Crippen LogP contribution in [0.4, 0.5) is 0 Å². The van der Waals surface area contributed by atoms with E-state index in [1.807, 2.05) is 0 Å². The molecule has 1 amide bonds. The highest BCUT2D eigenvalue weighted by molar-refractivity contribution is 5.97. The fourth-order valence-corrected chi connectivity index (χ4v) is 1.52. The van der Waals surface area contributed by atoms with Gasteiger partial charge >= 0.3 is 5.97 Å². The number of rotatable bonds is 7. The zero-order chi connectivity index (χ0) is 14.3. The quantitative estimate of drug-likeness (QED) is 0.649. The molecule has 0 bridgehead atoms. The summed E-state index contributed by atoms with van der Waals surface area (Å²) in [5.74, 6) is -0.902. The molecule has 6 heteroatoms. The van der Waals surface area contributed by atoms with Crippen molar-refractivity contribution >= 4 is 11.9 Å². The molecule has 0 aromatic heterocycles. The molecule has 0 heterocycles. The lowest BCUT2D eigenvalue weighted by Gasteiger charge is -2.08. The van der Waals surface area contributed by atoms with Crippen LogP contribution in [0.3, 0.4) is 0 Å². The second-order valence-electron chi connectivity index (χ2n) is 3.99. The van der Waals surface area contributed by atoms with Crippen LogP contribution in [-0.2, 0) is 4.79 Å².